The number of nitrogens with one attached hydrogen (secondary N) is 2. The Labute approximate surface area is 264 Å². The number of rotatable bonds is 14. The van der Waals surface area contributed by atoms with Crippen LogP contribution in [0.1, 0.15) is 87.0 Å². The first kappa shape index (κ1) is 35.1. The number of cyclic esters (lactones) is 1. The van der Waals surface area contributed by atoms with Crippen molar-refractivity contribution in [1.29, 1.82) is 0 Å². The molecule has 11 heteroatoms. The van der Waals surface area contributed by atoms with Crippen molar-refractivity contribution in [2.45, 2.75) is 82.9 Å². The second kappa shape index (κ2) is 19.8. The highest BCUT2D eigenvalue weighted by atomic mass is 16.5. The number of benzene rings is 2. The minimum absolute atomic E-state index is 0.0813. The Morgan fingerprint density at radius 3 is 2.40 bits per heavy atom. The third kappa shape index (κ3) is 12.7. The quantitative estimate of drug-likeness (QED) is 0.0690. The number of hydroxylamine groups is 1. The van der Waals surface area contributed by atoms with E-state index in [1.54, 1.807) is 23.7 Å². The maximum atomic E-state index is 13.7. The number of hydrazone groups is 1. The monoisotopic (exact) mass is 620 g/mol. The van der Waals surface area contributed by atoms with Crippen molar-refractivity contribution in [1.82, 2.24) is 15.8 Å². The summed E-state index contributed by atoms with van der Waals surface area (Å²) in [5.41, 5.74) is 6.52. The summed E-state index contributed by atoms with van der Waals surface area (Å²) in [6.45, 7) is 0.422. The molecule has 1 aliphatic rings. The number of hydrogen-bond acceptors (Lipinski definition) is 8. The van der Waals surface area contributed by atoms with Crippen LogP contribution in [0.4, 0.5) is 0 Å². The molecule has 0 saturated heterocycles. The van der Waals surface area contributed by atoms with Gasteiger partial charge in [0.15, 0.2) is 0 Å². The van der Waals surface area contributed by atoms with Crippen LogP contribution < -0.4 is 10.9 Å². The van der Waals surface area contributed by atoms with Crippen LogP contribution in [0.25, 0.3) is 0 Å². The van der Waals surface area contributed by atoms with Gasteiger partial charge in [0.2, 0.25) is 17.7 Å². The van der Waals surface area contributed by atoms with Gasteiger partial charge in [0.05, 0.1) is 18.9 Å². The molecule has 0 unspecified atom stereocenters. The van der Waals surface area contributed by atoms with Crippen LogP contribution in [-0.4, -0.2) is 59.8 Å². The smallest absolute Gasteiger partial charge is 0.306 e. The topological polar surface area (TPSA) is 147 Å². The third-order valence-electron chi connectivity index (χ3n) is 7.39. The van der Waals surface area contributed by atoms with Crippen molar-refractivity contribution in [3.63, 3.8) is 0 Å². The molecule has 0 bridgehead atoms. The number of carbonyl (C=O) groups is 4. The molecule has 0 aliphatic carbocycles. The van der Waals surface area contributed by atoms with Gasteiger partial charge in [-0.3, -0.25) is 24.4 Å². The van der Waals surface area contributed by atoms with Gasteiger partial charge in [-0.25, -0.2) is 10.9 Å². The normalized spacial score (nSPS) is 18.5. The average molecular weight is 621 g/mol. The highest BCUT2D eigenvalue weighted by molar-refractivity contribution is 5.82. The zero-order valence-corrected chi connectivity index (χ0v) is 25.9. The molecule has 45 heavy (non-hydrogen) atoms. The maximum absolute atomic E-state index is 13.7. The lowest BCUT2D eigenvalue weighted by atomic mass is 9.99. The number of amides is 3. The molecule has 11 nitrogen and oxygen atoms in total. The van der Waals surface area contributed by atoms with E-state index in [1.807, 2.05) is 66.7 Å². The van der Waals surface area contributed by atoms with Crippen molar-refractivity contribution in [3.8, 4) is 0 Å². The zero-order valence-electron chi connectivity index (χ0n) is 25.9. The Morgan fingerprint density at radius 1 is 0.978 bits per heavy atom. The number of ether oxygens (including phenoxy) is 2. The number of carbonyl (C=O) groups excluding carboxylic acids is 4. The van der Waals surface area contributed by atoms with Crippen LogP contribution in [0.15, 0.2) is 71.9 Å². The molecule has 2 atom stereocenters. The summed E-state index contributed by atoms with van der Waals surface area (Å²) in [6, 6.07) is 16.4. The number of methoxy groups -OCH3 is 1. The molecule has 0 fully saturated rings. The van der Waals surface area contributed by atoms with E-state index in [2.05, 4.69) is 10.5 Å². The molecule has 0 aromatic heterocycles. The molecule has 2 aromatic carbocycles. The molecule has 0 radical (unpaired) electrons. The molecule has 242 valence electrons. The Morgan fingerprint density at radius 2 is 1.69 bits per heavy atom. The van der Waals surface area contributed by atoms with E-state index in [-0.39, 0.29) is 43.8 Å². The predicted molar refractivity (Wildman–Crippen MR) is 169 cm³/mol. The molecule has 1 aliphatic heterocycles. The number of hydrogen-bond donors (Lipinski definition) is 3. The van der Waals surface area contributed by atoms with Crippen LogP contribution in [0.3, 0.4) is 0 Å². The van der Waals surface area contributed by atoms with Crippen LogP contribution in [-0.2, 0) is 35.2 Å². The zero-order chi connectivity index (χ0) is 32.3. The number of esters is 1. The minimum atomic E-state index is -0.717. The minimum Gasteiger partial charge on any atom is -0.455 e. The molecule has 3 N–H and O–H groups in total. The molecular weight excluding hydrogens is 576 g/mol. The summed E-state index contributed by atoms with van der Waals surface area (Å²) < 4.78 is 11.6. The molecular formula is C34H44N4O7. The highest BCUT2D eigenvalue weighted by Crippen LogP contribution is 2.29. The molecule has 3 amide bonds. The lowest BCUT2D eigenvalue weighted by Crippen LogP contribution is -2.47. The van der Waals surface area contributed by atoms with E-state index in [4.69, 9.17) is 14.7 Å². The Bertz CT molecular complexity index is 1300. The summed E-state index contributed by atoms with van der Waals surface area (Å²) in [5.74, 6) is -1.04. The third-order valence-corrected chi connectivity index (χ3v) is 7.39. The first-order chi connectivity index (χ1) is 21.9. The molecule has 3 rings (SSSR count). The van der Waals surface area contributed by atoms with Gasteiger partial charge < -0.3 is 14.4 Å². The summed E-state index contributed by atoms with van der Waals surface area (Å²) in [7, 11) is 1.57. The average Bonchev–Trinajstić information content (AvgIpc) is 3.04. The maximum Gasteiger partial charge on any atom is 0.306 e. The first-order valence-electron chi connectivity index (χ1n) is 15.4. The molecule has 2 aromatic rings. The summed E-state index contributed by atoms with van der Waals surface area (Å²) in [5, 5.41) is 12.6. The first-order valence-corrected chi connectivity index (χ1v) is 15.4. The fraction of sp³-hybridized carbons (Fsp3) is 0.441. The lowest BCUT2D eigenvalue weighted by molar-refractivity contribution is -0.159. The van der Waals surface area contributed by atoms with Gasteiger partial charge >= 0.3 is 5.97 Å². The number of nitrogens with zero attached hydrogens (tertiary/aromatic N) is 2. The van der Waals surface area contributed by atoms with Gasteiger partial charge in [-0.05, 0) is 48.4 Å². The van der Waals surface area contributed by atoms with E-state index >= 15 is 0 Å². The second-order valence-electron chi connectivity index (χ2n) is 10.9. The van der Waals surface area contributed by atoms with Crippen LogP contribution in [0.2, 0.25) is 0 Å². The van der Waals surface area contributed by atoms with Crippen LogP contribution >= 0.6 is 0 Å². The lowest BCUT2D eigenvalue weighted by Gasteiger charge is -2.37. The van der Waals surface area contributed by atoms with Crippen molar-refractivity contribution < 1.29 is 33.9 Å². The number of allylic oxidation sites excluding steroid dienone is 2. The molecule has 0 saturated carbocycles. The van der Waals surface area contributed by atoms with Gasteiger partial charge in [-0.2, -0.15) is 5.10 Å². The molecule has 0 spiro atoms. The Balaban J connectivity index is 1.71. The van der Waals surface area contributed by atoms with Crippen molar-refractivity contribution in [3.05, 3.63) is 83.4 Å². The van der Waals surface area contributed by atoms with E-state index in [0.717, 1.165) is 29.5 Å². The molecule has 1 heterocycles. The van der Waals surface area contributed by atoms with Gasteiger partial charge in [-0.1, -0.05) is 73.5 Å². The summed E-state index contributed by atoms with van der Waals surface area (Å²) in [4.78, 5) is 51.5. The highest BCUT2D eigenvalue weighted by Gasteiger charge is 2.34. The van der Waals surface area contributed by atoms with Gasteiger partial charge in [0.25, 0.3) is 0 Å². The Hall–Kier alpha value is -4.35. The summed E-state index contributed by atoms with van der Waals surface area (Å²) in [6.07, 6.45) is 9.79. The van der Waals surface area contributed by atoms with E-state index < -0.39 is 18.1 Å². The van der Waals surface area contributed by atoms with Gasteiger partial charge in [-0.15, -0.1) is 0 Å². The predicted octanol–water partition coefficient (Wildman–Crippen LogP) is 4.74. The van der Waals surface area contributed by atoms with Crippen molar-refractivity contribution in [2.75, 3.05) is 13.7 Å². The van der Waals surface area contributed by atoms with Crippen LogP contribution in [0, 0.1) is 0 Å². The standard InChI is InChI=1S/C34H44N4O7/c1-44-25-29-34(28-16-7-6-8-17-28)45-33(42)21-12-5-4-11-20-32(41)38(29)24-27-15-13-14-26(22-27)23-35-36-30(39)18-9-2-3-10-19-31(40)37-43/h4-8,13-17,22-23,29,34,43H,2-3,9-12,18-21,24-25H2,1H3,(H,36,39)(H,37,40)/b5-4+,35-23+/t29-,34-/m0/s1. The van der Waals surface area contributed by atoms with Gasteiger partial charge in [0, 0.05) is 39.3 Å². The van der Waals surface area contributed by atoms with Crippen molar-refractivity contribution in [2.24, 2.45) is 5.10 Å². The van der Waals surface area contributed by atoms with Crippen molar-refractivity contribution >= 4 is 29.9 Å². The van der Waals surface area contributed by atoms with Crippen LogP contribution in [0.5, 0.6) is 0 Å². The largest absolute Gasteiger partial charge is 0.455 e. The Kier molecular flexibility index (Phi) is 15.5. The number of unbranched alkanes of at least 4 members (excludes halogenated alkanes) is 3. The summed E-state index contributed by atoms with van der Waals surface area (Å²) >= 11 is 0. The fourth-order valence-corrected chi connectivity index (χ4v) is 5.08. The SMILES string of the molecule is COC[C@H]1[C@H](c2ccccc2)OC(=O)CC/C=C/CCC(=O)N1Cc1cccc(/C=N/NC(=O)CCCCCCC(=O)NO)c1. The fourth-order valence-electron chi connectivity index (χ4n) is 5.08. The van der Waals surface area contributed by atoms with Gasteiger partial charge in [0.1, 0.15) is 6.10 Å². The van der Waals surface area contributed by atoms with E-state index in [0.29, 0.717) is 38.5 Å². The second-order valence-corrected chi connectivity index (χ2v) is 10.9. The van der Waals surface area contributed by atoms with E-state index in [1.165, 1.54) is 0 Å². The van der Waals surface area contributed by atoms with E-state index in [9.17, 15) is 19.2 Å².